The summed E-state index contributed by atoms with van der Waals surface area (Å²) in [5.41, 5.74) is 0.219. The number of piperazine rings is 1. The van der Waals surface area contributed by atoms with Crippen LogP contribution in [0.5, 0.6) is 5.75 Å². The Bertz CT molecular complexity index is 487. The van der Waals surface area contributed by atoms with E-state index in [9.17, 15) is 17.6 Å². The molecule has 7 heteroatoms. The van der Waals surface area contributed by atoms with Gasteiger partial charge < -0.3 is 10.1 Å². The Kier molecular flexibility index (Phi) is 5.63. The van der Waals surface area contributed by atoms with E-state index >= 15 is 0 Å². The van der Waals surface area contributed by atoms with Gasteiger partial charge in [-0.15, -0.1) is 0 Å². The van der Waals surface area contributed by atoms with Crippen LogP contribution in [-0.2, 0) is 0 Å². The highest BCUT2D eigenvalue weighted by molar-refractivity contribution is 5.37. The summed E-state index contributed by atoms with van der Waals surface area (Å²) in [5.74, 6) is -0.226. The van der Waals surface area contributed by atoms with Crippen LogP contribution in [0.3, 0.4) is 0 Å². The van der Waals surface area contributed by atoms with E-state index in [-0.39, 0.29) is 12.0 Å². The molecule has 1 saturated heterocycles. The molecule has 0 radical (unpaired) electrons. The Morgan fingerprint density at radius 1 is 1.27 bits per heavy atom. The van der Waals surface area contributed by atoms with Gasteiger partial charge in [0.2, 0.25) is 0 Å². The van der Waals surface area contributed by atoms with Crippen LogP contribution in [0.4, 0.5) is 17.6 Å². The molecular formula is C15H20F4N2O. The summed E-state index contributed by atoms with van der Waals surface area (Å²) in [5, 5.41) is 3.15. The average Bonchev–Trinajstić information content (AvgIpc) is 2.48. The number of benzene rings is 1. The lowest BCUT2D eigenvalue weighted by atomic mass is 9.97. The minimum absolute atomic E-state index is 0.180. The van der Waals surface area contributed by atoms with E-state index in [1.54, 1.807) is 6.07 Å². The minimum Gasteiger partial charge on any atom is -0.496 e. The highest BCUT2D eigenvalue weighted by Crippen LogP contribution is 2.37. The second-order valence-electron chi connectivity index (χ2n) is 5.31. The molecule has 0 spiro atoms. The van der Waals surface area contributed by atoms with Crippen molar-refractivity contribution in [1.82, 2.24) is 10.2 Å². The number of hydrogen-bond donors (Lipinski definition) is 1. The number of nitrogens with zero attached hydrogens (tertiary/aromatic N) is 1. The van der Waals surface area contributed by atoms with Gasteiger partial charge >= 0.3 is 6.18 Å². The summed E-state index contributed by atoms with van der Waals surface area (Å²) in [6.45, 7) is 2.53. The summed E-state index contributed by atoms with van der Waals surface area (Å²) in [6.07, 6.45) is -5.38. The summed E-state index contributed by atoms with van der Waals surface area (Å²) in [4.78, 5) is 1.89. The molecule has 1 heterocycles. The van der Waals surface area contributed by atoms with Gasteiger partial charge in [-0.1, -0.05) is 6.07 Å². The third kappa shape index (κ3) is 4.33. The molecule has 0 unspecified atom stereocenters. The molecule has 1 atom stereocenters. The van der Waals surface area contributed by atoms with Crippen molar-refractivity contribution < 1.29 is 22.3 Å². The van der Waals surface area contributed by atoms with Gasteiger partial charge in [0.1, 0.15) is 11.6 Å². The molecule has 1 aromatic carbocycles. The van der Waals surface area contributed by atoms with Gasteiger partial charge in [-0.05, 0) is 18.6 Å². The molecule has 1 aliphatic heterocycles. The molecule has 1 aliphatic rings. The van der Waals surface area contributed by atoms with Crippen LogP contribution in [-0.4, -0.2) is 44.4 Å². The highest BCUT2D eigenvalue weighted by atomic mass is 19.4. The molecule has 2 rings (SSSR count). The summed E-state index contributed by atoms with van der Waals surface area (Å²) < 4.78 is 57.3. The summed E-state index contributed by atoms with van der Waals surface area (Å²) >= 11 is 0. The van der Waals surface area contributed by atoms with Gasteiger partial charge in [-0.25, -0.2) is 4.39 Å². The highest BCUT2D eigenvalue weighted by Gasteiger charge is 2.33. The lowest BCUT2D eigenvalue weighted by Crippen LogP contribution is -2.45. The molecule has 22 heavy (non-hydrogen) atoms. The van der Waals surface area contributed by atoms with Gasteiger partial charge in [0.25, 0.3) is 0 Å². The second-order valence-corrected chi connectivity index (χ2v) is 5.31. The maximum absolute atomic E-state index is 14.3. The van der Waals surface area contributed by atoms with Crippen molar-refractivity contribution in [3.63, 3.8) is 0 Å². The van der Waals surface area contributed by atoms with E-state index in [0.717, 1.165) is 0 Å². The number of halogens is 4. The summed E-state index contributed by atoms with van der Waals surface area (Å²) in [6, 6.07) is 3.71. The molecule has 0 aliphatic carbocycles. The van der Waals surface area contributed by atoms with Crippen molar-refractivity contribution in [2.24, 2.45) is 0 Å². The Balaban J connectivity index is 2.30. The van der Waals surface area contributed by atoms with Crippen LogP contribution in [0.2, 0.25) is 0 Å². The first-order chi connectivity index (χ1) is 10.4. The third-order valence-corrected chi connectivity index (χ3v) is 3.86. The topological polar surface area (TPSA) is 24.5 Å². The zero-order valence-electron chi connectivity index (χ0n) is 12.4. The van der Waals surface area contributed by atoms with Crippen LogP contribution < -0.4 is 10.1 Å². The molecular weight excluding hydrogens is 300 g/mol. The van der Waals surface area contributed by atoms with Gasteiger partial charge in [-0.2, -0.15) is 13.2 Å². The number of ether oxygens (including phenoxy) is 1. The zero-order valence-corrected chi connectivity index (χ0v) is 12.4. The Morgan fingerprint density at radius 2 is 1.95 bits per heavy atom. The van der Waals surface area contributed by atoms with Crippen LogP contribution in [0.15, 0.2) is 18.2 Å². The normalized spacial score (nSPS) is 18.2. The van der Waals surface area contributed by atoms with Gasteiger partial charge in [0.05, 0.1) is 7.11 Å². The number of alkyl halides is 3. The molecule has 1 fully saturated rings. The van der Waals surface area contributed by atoms with Gasteiger partial charge in [0.15, 0.2) is 0 Å². The molecule has 1 aromatic rings. The molecule has 124 valence electrons. The van der Waals surface area contributed by atoms with Crippen LogP contribution in [0.25, 0.3) is 0 Å². The SMILES string of the molecule is COc1cccc(F)c1[C@H](CCC(F)(F)F)N1CCNCC1. The first-order valence-electron chi connectivity index (χ1n) is 7.26. The van der Waals surface area contributed by atoms with Gasteiger partial charge in [-0.3, -0.25) is 4.90 Å². The fourth-order valence-corrected chi connectivity index (χ4v) is 2.82. The molecule has 1 N–H and O–H groups in total. The number of hydrogen-bond acceptors (Lipinski definition) is 3. The van der Waals surface area contributed by atoms with Crippen molar-refractivity contribution in [3.8, 4) is 5.75 Å². The Labute approximate surface area is 127 Å². The maximum Gasteiger partial charge on any atom is 0.389 e. The quantitative estimate of drug-likeness (QED) is 0.844. The van der Waals surface area contributed by atoms with E-state index < -0.39 is 24.5 Å². The second kappa shape index (κ2) is 7.28. The van der Waals surface area contributed by atoms with Crippen LogP contribution in [0.1, 0.15) is 24.4 Å². The van der Waals surface area contributed by atoms with E-state index in [1.165, 1.54) is 19.2 Å². The Hall–Kier alpha value is -1.34. The lowest BCUT2D eigenvalue weighted by molar-refractivity contribution is -0.138. The summed E-state index contributed by atoms with van der Waals surface area (Å²) in [7, 11) is 1.40. The van der Waals surface area contributed by atoms with Crippen molar-refractivity contribution >= 4 is 0 Å². The first kappa shape index (κ1) is 17.0. The Morgan fingerprint density at radius 3 is 2.55 bits per heavy atom. The predicted molar refractivity (Wildman–Crippen MR) is 75.4 cm³/mol. The lowest BCUT2D eigenvalue weighted by Gasteiger charge is -2.36. The maximum atomic E-state index is 14.3. The van der Waals surface area contributed by atoms with Crippen LogP contribution in [0, 0.1) is 5.82 Å². The average molecular weight is 320 g/mol. The smallest absolute Gasteiger partial charge is 0.389 e. The van der Waals surface area contributed by atoms with E-state index in [1.807, 2.05) is 4.90 Å². The van der Waals surface area contributed by atoms with Crippen molar-refractivity contribution in [2.45, 2.75) is 25.1 Å². The first-order valence-corrected chi connectivity index (χ1v) is 7.26. The molecule has 0 bridgehead atoms. The number of rotatable bonds is 5. The molecule has 0 amide bonds. The van der Waals surface area contributed by atoms with Gasteiger partial charge in [0, 0.05) is 44.2 Å². The fourth-order valence-electron chi connectivity index (χ4n) is 2.82. The molecule has 0 saturated carbocycles. The minimum atomic E-state index is -4.26. The standard InChI is InChI=1S/C15H20F4N2O/c1-22-13-4-2-3-11(16)14(13)12(5-6-15(17,18)19)21-9-7-20-8-10-21/h2-4,12,20H,5-10H2,1H3/t12-/m0/s1. The monoisotopic (exact) mass is 320 g/mol. The predicted octanol–water partition coefficient (Wildman–Crippen LogP) is 3.12. The fraction of sp³-hybridized carbons (Fsp3) is 0.600. The van der Waals surface area contributed by atoms with Crippen molar-refractivity contribution in [2.75, 3.05) is 33.3 Å². The third-order valence-electron chi connectivity index (χ3n) is 3.86. The van der Waals surface area contributed by atoms with Crippen LogP contribution >= 0.6 is 0 Å². The molecule has 3 nitrogen and oxygen atoms in total. The zero-order chi connectivity index (χ0) is 16.2. The largest absolute Gasteiger partial charge is 0.496 e. The van der Waals surface area contributed by atoms with E-state index in [4.69, 9.17) is 4.74 Å². The number of nitrogens with one attached hydrogen (secondary N) is 1. The van der Waals surface area contributed by atoms with E-state index in [0.29, 0.717) is 31.9 Å². The van der Waals surface area contributed by atoms with E-state index in [2.05, 4.69) is 5.32 Å². The van der Waals surface area contributed by atoms with Crippen molar-refractivity contribution in [3.05, 3.63) is 29.6 Å². The van der Waals surface area contributed by atoms with Crippen molar-refractivity contribution in [1.29, 1.82) is 0 Å². The number of methoxy groups -OCH3 is 1. The molecule has 0 aromatic heterocycles.